The summed E-state index contributed by atoms with van der Waals surface area (Å²) in [6.45, 7) is 4.68. The topological polar surface area (TPSA) is 36.3 Å². The molecule has 0 fully saturated rings. The summed E-state index contributed by atoms with van der Waals surface area (Å²) in [6, 6.07) is 20.2. The molecule has 0 N–H and O–H groups in total. The van der Waals surface area contributed by atoms with Crippen LogP contribution in [0, 0.1) is 0 Å². The number of rotatable bonds is 8. The molecule has 0 spiro atoms. The predicted octanol–water partition coefficient (Wildman–Crippen LogP) is 5.85. The second-order valence-corrected chi connectivity index (χ2v) is 7.10. The van der Waals surface area contributed by atoms with Crippen LogP contribution >= 0.6 is 11.6 Å². The first-order valence-corrected chi connectivity index (χ1v) is 9.96. The maximum absolute atomic E-state index is 6.22. The van der Waals surface area contributed by atoms with E-state index in [9.17, 15) is 0 Å². The molecule has 0 radical (unpaired) electrons. The molecule has 0 unspecified atom stereocenters. The van der Waals surface area contributed by atoms with Crippen LogP contribution in [0.4, 0.5) is 0 Å². The van der Waals surface area contributed by atoms with Crippen molar-refractivity contribution in [1.29, 1.82) is 0 Å². The lowest BCUT2D eigenvalue weighted by molar-refractivity contribution is 0.141. The highest BCUT2D eigenvalue weighted by Gasteiger charge is 2.12. The molecule has 4 nitrogen and oxygen atoms in total. The standard InChI is InChI=1S/C23H23ClN2O2/c1-2-27-13-5-12-26-22-15-19(24)9-11-21(22)25-23(26)16-28-20-10-8-17-6-3-4-7-18(17)14-20/h3-4,6-11,14-15H,2,5,12-13,16H2,1H3. The number of benzene rings is 3. The molecule has 0 aliphatic carbocycles. The Hall–Kier alpha value is -2.56. The van der Waals surface area contributed by atoms with Crippen LogP contribution < -0.4 is 4.74 Å². The van der Waals surface area contributed by atoms with Gasteiger partial charge in [-0.25, -0.2) is 4.98 Å². The van der Waals surface area contributed by atoms with Crippen molar-refractivity contribution in [2.75, 3.05) is 13.2 Å². The third kappa shape index (κ3) is 4.13. The van der Waals surface area contributed by atoms with Crippen molar-refractivity contribution in [2.24, 2.45) is 0 Å². The quantitative estimate of drug-likeness (QED) is 0.352. The summed E-state index contributed by atoms with van der Waals surface area (Å²) in [5, 5.41) is 3.07. The summed E-state index contributed by atoms with van der Waals surface area (Å²) in [7, 11) is 0. The Morgan fingerprint density at radius 3 is 2.71 bits per heavy atom. The number of halogens is 1. The van der Waals surface area contributed by atoms with E-state index in [0.29, 0.717) is 11.6 Å². The van der Waals surface area contributed by atoms with Crippen molar-refractivity contribution >= 4 is 33.4 Å². The number of hydrogen-bond donors (Lipinski definition) is 0. The highest BCUT2D eigenvalue weighted by molar-refractivity contribution is 6.31. The van der Waals surface area contributed by atoms with E-state index in [-0.39, 0.29) is 0 Å². The van der Waals surface area contributed by atoms with Gasteiger partial charge in [0.25, 0.3) is 0 Å². The average molecular weight is 395 g/mol. The minimum absolute atomic E-state index is 0.402. The van der Waals surface area contributed by atoms with E-state index in [2.05, 4.69) is 28.8 Å². The molecule has 1 heterocycles. The van der Waals surface area contributed by atoms with E-state index in [1.54, 1.807) is 0 Å². The highest BCUT2D eigenvalue weighted by Crippen LogP contribution is 2.24. The van der Waals surface area contributed by atoms with Crippen LogP contribution in [0.2, 0.25) is 5.02 Å². The lowest BCUT2D eigenvalue weighted by atomic mass is 10.1. The molecule has 0 aliphatic rings. The van der Waals surface area contributed by atoms with E-state index in [4.69, 9.17) is 26.1 Å². The number of fused-ring (bicyclic) bond motifs is 2. The summed E-state index contributed by atoms with van der Waals surface area (Å²) >= 11 is 6.22. The minimum atomic E-state index is 0.402. The van der Waals surface area contributed by atoms with Crippen LogP contribution in [0.15, 0.2) is 60.7 Å². The van der Waals surface area contributed by atoms with Gasteiger partial charge in [0.15, 0.2) is 0 Å². The molecule has 0 aliphatic heterocycles. The minimum Gasteiger partial charge on any atom is -0.486 e. The van der Waals surface area contributed by atoms with Crippen LogP contribution in [0.25, 0.3) is 21.8 Å². The smallest absolute Gasteiger partial charge is 0.147 e. The zero-order chi connectivity index (χ0) is 19.3. The van der Waals surface area contributed by atoms with E-state index in [1.807, 2.05) is 43.3 Å². The van der Waals surface area contributed by atoms with Gasteiger partial charge in [0, 0.05) is 24.8 Å². The van der Waals surface area contributed by atoms with Crippen molar-refractivity contribution in [3.05, 3.63) is 71.5 Å². The molecule has 1 aromatic heterocycles. The number of aryl methyl sites for hydroxylation is 1. The molecule has 0 saturated heterocycles. The van der Waals surface area contributed by atoms with E-state index < -0.39 is 0 Å². The molecule has 4 aromatic rings. The highest BCUT2D eigenvalue weighted by atomic mass is 35.5. The molecule has 4 rings (SSSR count). The first-order valence-electron chi connectivity index (χ1n) is 9.58. The fourth-order valence-electron chi connectivity index (χ4n) is 3.38. The van der Waals surface area contributed by atoms with Gasteiger partial charge in [0.2, 0.25) is 0 Å². The van der Waals surface area contributed by atoms with Crippen molar-refractivity contribution in [2.45, 2.75) is 26.5 Å². The Bertz CT molecular complexity index is 1090. The zero-order valence-electron chi connectivity index (χ0n) is 15.9. The van der Waals surface area contributed by atoms with E-state index in [0.717, 1.165) is 54.2 Å². The molecule has 0 saturated carbocycles. The average Bonchev–Trinajstić information content (AvgIpc) is 3.06. The van der Waals surface area contributed by atoms with Crippen molar-refractivity contribution < 1.29 is 9.47 Å². The normalized spacial score (nSPS) is 11.4. The summed E-state index contributed by atoms with van der Waals surface area (Å²) in [5.74, 6) is 1.73. The molecule has 28 heavy (non-hydrogen) atoms. The number of ether oxygens (including phenoxy) is 2. The first-order chi connectivity index (χ1) is 13.7. The first kappa shape index (κ1) is 18.8. The SMILES string of the molecule is CCOCCCn1c(COc2ccc3ccccc3c2)nc2ccc(Cl)cc21. The Kier molecular flexibility index (Phi) is 5.79. The molecule has 0 bridgehead atoms. The third-order valence-corrected chi connectivity index (χ3v) is 4.99. The molecule has 144 valence electrons. The van der Waals surface area contributed by atoms with Gasteiger partial charge < -0.3 is 14.0 Å². The molecular weight excluding hydrogens is 372 g/mol. The second kappa shape index (κ2) is 8.63. The lowest BCUT2D eigenvalue weighted by Crippen LogP contribution is -2.09. The van der Waals surface area contributed by atoms with Gasteiger partial charge in [-0.2, -0.15) is 0 Å². The number of hydrogen-bond acceptors (Lipinski definition) is 3. The van der Waals surface area contributed by atoms with Gasteiger partial charge >= 0.3 is 0 Å². The monoisotopic (exact) mass is 394 g/mol. The fourth-order valence-corrected chi connectivity index (χ4v) is 3.55. The van der Waals surface area contributed by atoms with Gasteiger partial charge in [-0.1, -0.05) is 41.9 Å². The fraction of sp³-hybridized carbons (Fsp3) is 0.261. The van der Waals surface area contributed by atoms with Gasteiger partial charge in [0.05, 0.1) is 11.0 Å². The Balaban J connectivity index is 1.57. The van der Waals surface area contributed by atoms with Crippen LogP contribution in [0.1, 0.15) is 19.2 Å². The van der Waals surface area contributed by atoms with Gasteiger partial charge in [0.1, 0.15) is 18.2 Å². The van der Waals surface area contributed by atoms with Crippen molar-refractivity contribution in [3.8, 4) is 5.75 Å². The number of imidazole rings is 1. The molecule has 0 atom stereocenters. The Morgan fingerprint density at radius 1 is 1.00 bits per heavy atom. The van der Waals surface area contributed by atoms with Crippen LogP contribution in [-0.4, -0.2) is 22.8 Å². The predicted molar refractivity (Wildman–Crippen MR) is 114 cm³/mol. The number of aromatic nitrogens is 2. The Labute approximate surface area is 169 Å². The molecule has 5 heteroatoms. The van der Waals surface area contributed by atoms with Gasteiger partial charge in [-0.15, -0.1) is 0 Å². The van der Waals surface area contributed by atoms with Gasteiger partial charge in [-0.3, -0.25) is 0 Å². The van der Waals surface area contributed by atoms with Crippen LogP contribution in [0.3, 0.4) is 0 Å². The van der Waals surface area contributed by atoms with E-state index >= 15 is 0 Å². The maximum Gasteiger partial charge on any atom is 0.147 e. The van der Waals surface area contributed by atoms with Crippen molar-refractivity contribution in [1.82, 2.24) is 9.55 Å². The van der Waals surface area contributed by atoms with Crippen molar-refractivity contribution in [3.63, 3.8) is 0 Å². The van der Waals surface area contributed by atoms with Crippen LogP contribution in [-0.2, 0) is 17.9 Å². The summed E-state index contributed by atoms with van der Waals surface area (Å²) in [5.41, 5.74) is 1.96. The second-order valence-electron chi connectivity index (χ2n) is 6.66. The molecule has 0 amide bonds. The maximum atomic E-state index is 6.22. The summed E-state index contributed by atoms with van der Waals surface area (Å²) in [4.78, 5) is 4.77. The largest absolute Gasteiger partial charge is 0.486 e. The molecule has 3 aromatic carbocycles. The Morgan fingerprint density at radius 2 is 1.86 bits per heavy atom. The zero-order valence-corrected chi connectivity index (χ0v) is 16.7. The summed E-state index contributed by atoms with van der Waals surface area (Å²) < 4.78 is 13.7. The lowest BCUT2D eigenvalue weighted by Gasteiger charge is -2.11. The number of nitrogens with zero attached hydrogens (tertiary/aromatic N) is 2. The van der Waals surface area contributed by atoms with Gasteiger partial charge in [-0.05, 0) is 54.4 Å². The summed E-state index contributed by atoms with van der Waals surface area (Å²) in [6.07, 6.45) is 0.911. The van der Waals surface area contributed by atoms with Crippen LogP contribution in [0.5, 0.6) is 5.75 Å². The molecular formula is C23H23ClN2O2. The third-order valence-electron chi connectivity index (χ3n) is 4.75. The van der Waals surface area contributed by atoms with E-state index in [1.165, 1.54) is 5.39 Å².